The predicted molar refractivity (Wildman–Crippen MR) is 69.7 cm³/mol. The van der Waals surface area contributed by atoms with Crippen molar-refractivity contribution in [1.82, 2.24) is 25.0 Å². The Morgan fingerprint density at radius 3 is 2.40 bits per heavy atom. The first kappa shape index (κ1) is 14.3. The molecule has 0 aliphatic carbocycles. The van der Waals surface area contributed by atoms with Crippen LogP contribution in [0.25, 0.3) is 0 Å². The summed E-state index contributed by atoms with van der Waals surface area (Å²) in [5, 5.41) is 6.89. The van der Waals surface area contributed by atoms with Crippen LogP contribution < -0.4 is 5.73 Å². The van der Waals surface area contributed by atoms with Crippen LogP contribution in [0.2, 0.25) is 0 Å². The fourth-order valence-corrected chi connectivity index (χ4v) is 1.94. The molecular formula is C11H18N6O3. The highest BCUT2D eigenvalue weighted by Gasteiger charge is 2.27. The van der Waals surface area contributed by atoms with Crippen molar-refractivity contribution in [1.29, 1.82) is 0 Å². The van der Waals surface area contributed by atoms with Crippen LogP contribution in [-0.2, 0) is 4.79 Å². The van der Waals surface area contributed by atoms with Crippen LogP contribution in [0.5, 0.6) is 0 Å². The lowest BCUT2D eigenvalue weighted by molar-refractivity contribution is -0.130. The molecule has 2 amide bonds. The van der Waals surface area contributed by atoms with Gasteiger partial charge in [-0.2, -0.15) is 0 Å². The quantitative estimate of drug-likeness (QED) is 0.718. The van der Waals surface area contributed by atoms with E-state index >= 15 is 0 Å². The largest absolute Gasteiger partial charge is 0.379 e. The molecule has 9 nitrogen and oxygen atoms in total. The van der Waals surface area contributed by atoms with Crippen LogP contribution in [0.3, 0.4) is 0 Å². The van der Waals surface area contributed by atoms with Crippen molar-refractivity contribution < 1.29 is 14.2 Å². The van der Waals surface area contributed by atoms with Gasteiger partial charge in [0.2, 0.25) is 17.4 Å². The topological polar surface area (TPSA) is 109 Å². The van der Waals surface area contributed by atoms with E-state index in [1.54, 1.807) is 23.9 Å². The Morgan fingerprint density at radius 1 is 1.25 bits per heavy atom. The third kappa shape index (κ3) is 3.05. The van der Waals surface area contributed by atoms with Crippen molar-refractivity contribution in [3.8, 4) is 0 Å². The molecular weight excluding hydrogens is 264 g/mol. The number of anilines is 1. The molecule has 2 rings (SSSR count). The molecule has 1 aliphatic heterocycles. The maximum atomic E-state index is 12.1. The van der Waals surface area contributed by atoms with E-state index in [1.165, 1.54) is 0 Å². The third-order valence-electron chi connectivity index (χ3n) is 3.23. The minimum atomic E-state index is -0.290. The van der Waals surface area contributed by atoms with E-state index < -0.39 is 0 Å². The smallest absolute Gasteiger partial charge is 0.280 e. The fourth-order valence-electron chi connectivity index (χ4n) is 1.94. The first-order valence-corrected chi connectivity index (χ1v) is 6.29. The molecule has 0 atom stereocenters. The lowest BCUT2D eigenvalue weighted by Gasteiger charge is -2.34. The van der Waals surface area contributed by atoms with Gasteiger partial charge in [-0.1, -0.05) is 0 Å². The number of hydrogen-bond donors (Lipinski definition) is 1. The van der Waals surface area contributed by atoms with Gasteiger partial charge in [0, 0.05) is 40.3 Å². The lowest BCUT2D eigenvalue weighted by atomic mass is 10.2. The number of amides is 2. The normalized spacial score (nSPS) is 16.2. The number of nitrogen functional groups attached to an aromatic ring is 1. The molecule has 2 heterocycles. The third-order valence-corrected chi connectivity index (χ3v) is 3.23. The van der Waals surface area contributed by atoms with Gasteiger partial charge in [0.1, 0.15) is 0 Å². The van der Waals surface area contributed by atoms with E-state index in [0.29, 0.717) is 32.7 Å². The SMILES string of the molecule is CN(C)C(=O)CN1CCN(C(=O)c2nonc2N)CC1. The monoisotopic (exact) mass is 282 g/mol. The zero-order valence-corrected chi connectivity index (χ0v) is 11.6. The van der Waals surface area contributed by atoms with E-state index in [2.05, 4.69) is 14.9 Å². The molecule has 0 bridgehead atoms. The number of nitrogens with two attached hydrogens (primary N) is 1. The van der Waals surface area contributed by atoms with Gasteiger partial charge in [0.15, 0.2) is 0 Å². The number of aromatic nitrogens is 2. The Bertz CT molecular complexity index is 492. The van der Waals surface area contributed by atoms with Crippen LogP contribution in [-0.4, -0.2) is 83.6 Å². The second-order valence-corrected chi connectivity index (χ2v) is 4.85. The van der Waals surface area contributed by atoms with Gasteiger partial charge in [0.05, 0.1) is 6.54 Å². The molecule has 0 unspecified atom stereocenters. The van der Waals surface area contributed by atoms with Gasteiger partial charge >= 0.3 is 0 Å². The Hall–Kier alpha value is -2.16. The van der Waals surface area contributed by atoms with Crippen LogP contribution in [0.1, 0.15) is 10.5 Å². The van der Waals surface area contributed by atoms with E-state index in [1.807, 2.05) is 4.90 Å². The van der Waals surface area contributed by atoms with E-state index in [0.717, 1.165) is 0 Å². The number of nitrogens with zero attached hydrogens (tertiary/aromatic N) is 5. The number of carbonyl (C=O) groups is 2. The van der Waals surface area contributed by atoms with Gasteiger partial charge in [-0.05, 0) is 10.3 Å². The summed E-state index contributed by atoms with van der Waals surface area (Å²) in [5.41, 5.74) is 5.54. The molecule has 1 aromatic heterocycles. The Morgan fingerprint density at radius 2 is 1.90 bits per heavy atom. The highest BCUT2D eigenvalue weighted by molar-refractivity contribution is 5.96. The van der Waals surface area contributed by atoms with Crippen molar-refractivity contribution >= 4 is 17.6 Å². The van der Waals surface area contributed by atoms with E-state index in [4.69, 9.17) is 5.73 Å². The lowest BCUT2D eigenvalue weighted by Crippen LogP contribution is -2.51. The number of rotatable bonds is 3. The highest BCUT2D eigenvalue weighted by atomic mass is 16.6. The van der Waals surface area contributed by atoms with Crippen molar-refractivity contribution in [2.45, 2.75) is 0 Å². The van der Waals surface area contributed by atoms with Gasteiger partial charge < -0.3 is 15.5 Å². The molecule has 1 saturated heterocycles. The number of carbonyl (C=O) groups excluding carboxylic acids is 2. The van der Waals surface area contributed by atoms with Crippen molar-refractivity contribution in [3.05, 3.63) is 5.69 Å². The summed E-state index contributed by atoms with van der Waals surface area (Å²) < 4.78 is 4.42. The molecule has 1 aliphatic rings. The van der Waals surface area contributed by atoms with Crippen molar-refractivity contribution in [3.63, 3.8) is 0 Å². The molecule has 0 aromatic carbocycles. The molecule has 1 fully saturated rings. The minimum absolute atomic E-state index is 0.000199. The molecule has 1 aromatic rings. The summed E-state index contributed by atoms with van der Waals surface area (Å²) in [6.07, 6.45) is 0. The zero-order chi connectivity index (χ0) is 14.7. The first-order valence-electron chi connectivity index (χ1n) is 6.29. The predicted octanol–water partition coefficient (Wildman–Crippen LogP) is -1.50. The maximum absolute atomic E-state index is 12.1. The molecule has 110 valence electrons. The molecule has 20 heavy (non-hydrogen) atoms. The van der Waals surface area contributed by atoms with E-state index in [9.17, 15) is 9.59 Å². The van der Waals surface area contributed by atoms with Gasteiger partial charge in [-0.3, -0.25) is 14.5 Å². The van der Waals surface area contributed by atoms with Crippen molar-refractivity contribution in [2.24, 2.45) is 0 Å². The summed E-state index contributed by atoms with van der Waals surface area (Å²) in [6.45, 7) is 2.67. The van der Waals surface area contributed by atoms with Crippen LogP contribution in [0.4, 0.5) is 5.82 Å². The average molecular weight is 282 g/mol. The average Bonchev–Trinajstić information content (AvgIpc) is 2.85. The van der Waals surface area contributed by atoms with E-state index in [-0.39, 0.29) is 23.3 Å². The molecule has 0 saturated carbocycles. The number of piperazine rings is 1. The fraction of sp³-hybridized carbons (Fsp3) is 0.636. The van der Waals surface area contributed by atoms with Gasteiger partial charge in [-0.25, -0.2) is 4.63 Å². The summed E-state index contributed by atoms with van der Waals surface area (Å²) in [6, 6.07) is 0. The van der Waals surface area contributed by atoms with Gasteiger partial charge in [-0.15, -0.1) is 0 Å². The number of hydrogen-bond acceptors (Lipinski definition) is 7. The summed E-state index contributed by atoms with van der Waals surface area (Å²) >= 11 is 0. The second kappa shape index (κ2) is 5.87. The summed E-state index contributed by atoms with van der Waals surface area (Å²) in [7, 11) is 3.45. The Kier molecular flexibility index (Phi) is 4.18. The molecule has 0 radical (unpaired) electrons. The van der Waals surface area contributed by atoms with Crippen LogP contribution >= 0.6 is 0 Å². The molecule has 0 spiro atoms. The Balaban J connectivity index is 1.87. The second-order valence-electron chi connectivity index (χ2n) is 4.85. The van der Waals surface area contributed by atoms with Gasteiger partial charge in [0.25, 0.3) is 5.91 Å². The zero-order valence-electron chi connectivity index (χ0n) is 11.6. The summed E-state index contributed by atoms with van der Waals surface area (Å²) in [4.78, 5) is 28.9. The molecule has 9 heteroatoms. The Labute approximate surface area is 116 Å². The molecule has 2 N–H and O–H groups in total. The van der Waals surface area contributed by atoms with Crippen LogP contribution in [0.15, 0.2) is 4.63 Å². The first-order chi connectivity index (χ1) is 9.49. The summed E-state index contributed by atoms with van der Waals surface area (Å²) in [5.74, 6) is -0.239. The standard InChI is InChI=1S/C11H18N6O3/c1-15(2)8(18)7-16-3-5-17(6-4-16)11(19)9-10(12)14-20-13-9/h3-7H2,1-2H3,(H2,12,14). The number of likely N-dealkylation sites (N-methyl/N-ethyl adjacent to an activating group) is 1. The highest BCUT2D eigenvalue weighted by Crippen LogP contribution is 2.11. The maximum Gasteiger partial charge on any atom is 0.280 e. The minimum Gasteiger partial charge on any atom is -0.379 e. The van der Waals surface area contributed by atoms with Crippen molar-refractivity contribution in [2.75, 3.05) is 52.6 Å². The van der Waals surface area contributed by atoms with Crippen LogP contribution in [0, 0.1) is 0 Å².